The van der Waals surface area contributed by atoms with Gasteiger partial charge in [0.25, 0.3) is 5.91 Å². The number of sulfone groups is 1. The summed E-state index contributed by atoms with van der Waals surface area (Å²) < 4.78 is 38.6. The van der Waals surface area contributed by atoms with Gasteiger partial charge in [0.05, 0.1) is 28.2 Å². The highest BCUT2D eigenvalue weighted by Crippen LogP contribution is 2.29. The molecule has 0 aliphatic heterocycles. The third kappa shape index (κ3) is 4.65. The lowest BCUT2D eigenvalue weighted by molar-refractivity contribution is 0.0984. The van der Waals surface area contributed by atoms with Crippen LogP contribution in [0, 0.1) is 12.7 Å². The number of anilines is 2. The van der Waals surface area contributed by atoms with E-state index in [4.69, 9.17) is 5.73 Å². The number of rotatable bonds is 5. The van der Waals surface area contributed by atoms with Crippen LogP contribution in [0.5, 0.6) is 0 Å². The lowest BCUT2D eigenvalue weighted by atomic mass is 10.1. The summed E-state index contributed by atoms with van der Waals surface area (Å²) in [6.45, 7) is 1.72. The normalized spacial score (nSPS) is 11.5. The molecule has 8 nitrogen and oxygen atoms in total. The first kappa shape index (κ1) is 22.3. The Balaban J connectivity index is 1.83. The zero-order chi connectivity index (χ0) is 23.8. The second kappa shape index (κ2) is 8.55. The summed E-state index contributed by atoms with van der Waals surface area (Å²) in [5.74, 6) is -0.821. The number of nitrogens with zero attached hydrogens (tertiary/aromatic N) is 4. The Labute approximate surface area is 189 Å². The van der Waals surface area contributed by atoms with Gasteiger partial charge in [-0.1, -0.05) is 24.3 Å². The van der Waals surface area contributed by atoms with Gasteiger partial charge in [0, 0.05) is 24.0 Å². The number of amides is 1. The highest BCUT2D eigenvalue weighted by Gasteiger charge is 2.25. The van der Waals surface area contributed by atoms with Crippen molar-refractivity contribution in [3.8, 4) is 0 Å². The molecule has 0 radical (unpaired) electrons. The average molecular weight is 466 g/mol. The van der Waals surface area contributed by atoms with Gasteiger partial charge in [0.2, 0.25) is 0 Å². The number of para-hydroxylation sites is 1. The summed E-state index contributed by atoms with van der Waals surface area (Å²) in [4.78, 5) is 27.0. The SMILES string of the molecule is Cc1ncc(C(=O)N(Cc2ccc3cc(F)c(N)nc3c2)c2ccccc2S(C)(=O)=O)cn1. The minimum atomic E-state index is -3.63. The van der Waals surface area contributed by atoms with Crippen molar-refractivity contribution in [3.05, 3.63) is 83.7 Å². The Morgan fingerprint density at radius 2 is 1.79 bits per heavy atom. The molecule has 2 N–H and O–H groups in total. The van der Waals surface area contributed by atoms with Crippen molar-refractivity contribution < 1.29 is 17.6 Å². The van der Waals surface area contributed by atoms with Gasteiger partial charge in [-0.15, -0.1) is 0 Å². The van der Waals surface area contributed by atoms with E-state index < -0.39 is 21.6 Å². The van der Waals surface area contributed by atoms with Crippen LogP contribution in [0.1, 0.15) is 21.7 Å². The molecule has 0 saturated heterocycles. The highest BCUT2D eigenvalue weighted by atomic mass is 32.2. The molecule has 0 spiro atoms. The van der Waals surface area contributed by atoms with E-state index in [0.29, 0.717) is 22.3 Å². The van der Waals surface area contributed by atoms with Crippen LogP contribution in [0.3, 0.4) is 0 Å². The van der Waals surface area contributed by atoms with Crippen molar-refractivity contribution in [2.75, 3.05) is 16.9 Å². The predicted molar refractivity (Wildman–Crippen MR) is 123 cm³/mol. The van der Waals surface area contributed by atoms with E-state index >= 15 is 0 Å². The monoisotopic (exact) mass is 465 g/mol. The Kier molecular flexibility index (Phi) is 5.77. The topological polar surface area (TPSA) is 119 Å². The number of nitrogen functional groups attached to an aromatic ring is 1. The Morgan fingerprint density at radius 3 is 2.48 bits per heavy atom. The molecule has 2 aromatic heterocycles. The minimum Gasteiger partial charge on any atom is -0.381 e. The van der Waals surface area contributed by atoms with E-state index in [1.54, 1.807) is 43.3 Å². The van der Waals surface area contributed by atoms with Crippen LogP contribution in [-0.2, 0) is 16.4 Å². The van der Waals surface area contributed by atoms with Crippen molar-refractivity contribution in [1.82, 2.24) is 15.0 Å². The Bertz CT molecular complexity index is 1470. The van der Waals surface area contributed by atoms with Crippen LogP contribution >= 0.6 is 0 Å². The number of aromatic nitrogens is 3. The van der Waals surface area contributed by atoms with Crippen LogP contribution in [-0.4, -0.2) is 35.5 Å². The van der Waals surface area contributed by atoms with E-state index in [-0.39, 0.29) is 28.5 Å². The van der Waals surface area contributed by atoms with Crippen LogP contribution < -0.4 is 10.6 Å². The number of pyridine rings is 1. The van der Waals surface area contributed by atoms with E-state index in [1.807, 2.05) is 0 Å². The molecular weight excluding hydrogens is 445 g/mol. The molecule has 33 heavy (non-hydrogen) atoms. The first-order valence-electron chi connectivity index (χ1n) is 9.88. The predicted octanol–water partition coefficient (Wildman–Crippen LogP) is 3.31. The molecule has 2 aromatic carbocycles. The van der Waals surface area contributed by atoms with Crippen LogP contribution in [0.2, 0.25) is 0 Å². The van der Waals surface area contributed by atoms with Crippen molar-refractivity contribution in [2.24, 2.45) is 0 Å². The molecule has 0 saturated carbocycles. The highest BCUT2D eigenvalue weighted by molar-refractivity contribution is 7.90. The molecule has 168 valence electrons. The average Bonchev–Trinajstić information content (AvgIpc) is 2.78. The second-order valence-electron chi connectivity index (χ2n) is 7.53. The van der Waals surface area contributed by atoms with Gasteiger partial charge in [-0.05, 0) is 36.8 Å². The number of carbonyl (C=O) groups excluding carboxylic acids is 1. The lowest BCUT2D eigenvalue weighted by Crippen LogP contribution is -2.32. The summed E-state index contributed by atoms with van der Waals surface area (Å²) in [5, 5.41) is 0.548. The second-order valence-corrected chi connectivity index (χ2v) is 9.52. The zero-order valence-electron chi connectivity index (χ0n) is 17.9. The van der Waals surface area contributed by atoms with Crippen molar-refractivity contribution in [3.63, 3.8) is 0 Å². The number of fused-ring (bicyclic) bond motifs is 1. The standard InChI is InChI=1S/C23H20FN5O3S/c1-14-26-11-17(12-27-14)23(30)29(20-5-3-4-6-21(20)33(2,31)32)13-15-7-8-16-10-18(24)22(25)28-19(16)9-15/h3-12H,13H2,1-2H3,(H2,25,28). The third-order valence-corrected chi connectivity index (χ3v) is 6.18. The molecule has 0 aliphatic carbocycles. The Hall–Kier alpha value is -3.92. The molecule has 0 unspecified atom stereocenters. The number of hydrogen-bond acceptors (Lipinski definition) is 7. The maximum atomic E-state index is 13.7. The molecule has 0 fully saturated rings. The number of halogens is 1. The fourth-order valence-electron chi connectivity index (χ4n) is 3.40. The van der Waals surface area contributed by atoms with Crippen molar-refractivity contribution >= 4 is 38.2 Å². The van der Waals surface area contributed by atoms with E-state index in [0.717, 1.165) is 6.26 Å². The van der Waals surface area contributed by atoms with Crippen LogP contribution in [0.25, 0.3) is 10.9 Å². The molecule has 0 atom stereocenters. The maximum absolute atomic E-state index is 13.7. The summed E-state index contributed by atoms with van der Waals surface area (Å²) in [7, 11) is -3.63. The summed E-state index contributed by atoms with van der Waals surface area (Å²) in [6, 6.07) is 12.6. The first-order chi connectivity index (χ1) is 15.6. The summed E-state index contributed by atoms with van der Waals surface area (Å²) in [5.41, 5.74) is 7.12. The molecule has 1 amide bonds. The number of hydrogen-bond donors (Lipinski definition) is 1. The molecule has 4 aromatic rings. The zero-order valence-corrected chi connectivity index (χ0v) is 18.7. The fourth-order valence-corrected chi connectivity index (χ4v) is 4.29. The van der Waals surface area contributed by atoms with Gasteiger partial charge in [0.15, 0.2) is 21.5 Å². The van der Waals surface area contributed by atoms with Gasteiger partial charge in [-0.3, -0.25) is 4.79 Å². The lowest BCUT2D eigenvalue weighted by Gasteiger charge is -2.25. The van der Waals surface area contributed by atoms with E-state index in [9.17, 15) is 17.6 Å². The van der Waals surface area contributed by atoms with Gasteiger partial charge in [-0.2, -0.15) is 0 Å². The number of carbonyl (C=O) groups is 1. The maximum Gasteiger partial charge on any atom is 0.261 e. The van der Waals surface area contributed by atoms with Crippen LogP contribution in [0.4, 0.5) is 15.9 Å². The Morgan fingerprint density at radius 1 is 1.09 bits per heavy atom. The third-order valence-electron chi connectivity index (χ3n) is 5.03. The number of aryl methyl sites for hydroxylation is 1. The minimum absolute atomic E-state index is 0.0107. The molecule has 0 aliphatic rings. The van der Waals surface area contributed by atoms with Crippen molar-refractivity contribution in [2.45, 2.75) is 18.4 Å². The molecule has 0 bridgehead atoms. The molecule has 10 heteroatoms. The largest absolute Gasteiger partial charge is 0.381 e. The fraction of sp³-hybridized carbons (Fsp3) is 0.130. The summed E-state index contributed by atoms with van der Waals surface area (Å²) in [6.07, 6.45) is 3.87. The van der Waals surface area contributed by atoms with Gasteiger partial charge >= 0.3 is 0 Å². The van der Waals surface area contributed by atoms with Crippen LogP contribution in [0.15, 0.2) is 65.8 Å². The first-order valence-corrected chi connectivity index (χ1v) is 11.8. The molecular formula is C23H20FN5O3S. The number of benzene rings is 2. The van der Waals surface area contributed by atoms with Gasteiger partial charge < -0.3 is 10.6 Å². The van der Waals surface area contributed by atoms with E-state index in [2.05, 4.69) is 15.0 Å². The van der Waals surface area contributed by atoms with Crippen molar-refractivity contribution in [1.29, 1.82) is 0 Å². The quantitative estimate of drug-likeness (QED) is 0.480. The number of nitrogens with two attached hydrogens (primary N) is 1. The summed E-state index contributed by atoms with van der Waals surface area (Å²) >= 11 is 0. The van der Waals surface area contributed by atoms with Gasteiger partial charge in [-0.25, -0.2) is 27.8 Å². The smallest absolute Gasteiger partial charge is 0.261 e. The molecule has 4 rings (SSSR count). The molecule has 2 heterocycles. The van der Waals surface area contributed by atoms with Gasteiger partial charge in [0.1, 0.15) is 5.82 Å². The van der Waals surface area contributed by atoms with E-state index in [1.165, 1.54) is 29.4 Å².